The fourth-order valence-electron chi connectivity index (χ4n) is 4.11. The first kappa shape index (κ1) is 19.8. The van der Waals surface area contributed by atoms with Gasteiger partial charge in [0.05, 0.1) is 11.7 Å². The lowest BCUT2D eigenvalue weighted by atomic mass is 9.72. The molecule has 2 aromatic heterocycles. The van der Waals surface area contributed by atoms with E-state index in [2.05, 4.69) is 31.1 Å². The highest BCUT2D eigenvalue weighted by molar-refractivity contribution is 7.18. The molecule has 0 fully saturated rings. The van der Waals surface area contributed by atoms with Crippen molar-refractivity contribution in [3.8, 4) is 0 Å². The van der Waals surface area contributed by atoms with Gasteiger partial charge in [0.2, 0.25) is 5.91 Å². The number of nitrogens with one attached hydrogen (secondary N) is 1. The van der Waals surface area contributed by atoms with Crippen molar-refractivity contribution < 1.29 is 4.79 Å². The molecule has 152 valence electrons. The highest BCUT2D eigenvalue weighted by Gasteiger charge is 2.31. The molecule has 1 atom stereocenters. The van der Waals surface area contributed by atoms with Gasteiger partial charge in [-0.1, -0.05) is 39.0 Å². The molecule has 0 bridgehead atoms. The molecular formula is C23H27N3O2S. The number of amides is 1. The van der Waals surface area contributed by atoms with Crippen LogP contribution >= 0.6 is 11.3 Å². The van der Waals surface area contributed by atoms with Crippen LogP contribution in [0.1, 0.15) is 43.2 Å². The van der Waals surface area contributed by atoms with Crippen molar-refractivity contribution in [1.82, 2.24) is 9.55 Å². The van der Waals surface area contributed by atoms with Crippen molar-refractivity contribution in [1.29, 1.82) is 0 Å². The number of hydrogen-bond acceptors (Lipinski definition) is 4. The van der Waals surface area contributed by atoms with E-state index in [-0.39, 0.29) is 23.4 Å². The predicted molar refractivity (Wildman–Crippen MR) is 119 cm³/mol. The first-order chi connectivity index (χ1) is 13.7. The molecule has 0 spiro atoms. The van der Waals surface area contributed by atoms with Crippen LogP contribution in [0.2, 0.25) is 0 Å². The largest absolute Gasteiger partial charge is 0.324 e. The van der Waals surface area contributed by atoms with E-state index in [0.29, 0.717) is 11.3 Å². The van der Waals surface area contributed by atoms with Crippen molar-refractivity contribution in [2.75, 3.05) is 5.32 Å². The summed E-state index contributed by atoms with van der Waals surface area (Å²) in [6.45, 7) is 8.76. The monoisotopic (exact) mass is 409 g/mol. The fraction of sp³-hybridized carbons (Fsp3) is 0.435. The molecule has 0 unspecified atom stereocenters. The second-order valence-electron chi connectivity index (χ2n) is 9.03. The zero-order chi connectivity index (χ0) is 20.8. The molecule has 1 aliphatic rings. The van der Waals surface area contributed by atoms with E-state index in [1.807, 2.05) is 31.2 Å². The lowest BCUT2D eigenvalue weighted by Gasteiger charge is -2.33. The number of thiophene rings is 1. The summed E-state index contributed by atoms with van der Waals surface area (Å²) in [6, 6.07) is 7.61. The number of aromatic nitrogens is 2. The summed E-state index contributed by atoms with van der Waals surface area (Å²) in [7, 11) is 0. The van der Waals surface area contributed by atoms with Gasteiger partial charge in [0.1, 0.15) is 11.4 Å². The Labute approximate surface area is 174 Å². The smallest absolute Gasteiger partial charge is 0.262 e. The molecule has 4 rings (SSSR count). The minimum Gasteiger partial charge on any atom is -0.324 e. The van der Waals surface area contributed by atoms with Gasteiger partial charge in [-0.3, -0.25) is 14.2 Å². The molecule has 1 aliphatic carbocycles. The quantitative estimate of drug-likeness (QED) is 0.690. The van der Waals surface area contributed by atoms with Crippen molar-refractivity contribution in [2.24, 2.45) is 11.3 Å². The number of carbonyl (C=O) groups is 1. The summed E-state index contributed by atoms with van der Waals surface area (Å²) in [5.41, 5.74) is 3.05. The highest BCUT2D eigenvalue weighted by Crippen LogP contribution is 2.41. The molecule has 0 aliphatic heterocycles. The zero-order valence-corrected chi connectivity index (χ0v) is 18.2. The summed E-state index contributed by atoms with van der Waals surface area (Å²) in [6.07, 6.45) is 4.51. The maximum absolute atomic E-state index is 13.1. The van der Waals surface area contributed by atoms with Crippen LogP contribution in [-0.4, -0.2) is 15.5 Å². The summed E-state index contributed by atoms with van der Waals surface area (Å²) in [5, 5.41) is 3.60. The standard InChI is InChI=1S/C23H27N3O2S/c1-14-7-5-6-8-17(14)25-19(27)12-26-13-24-21-20(22(26)28)16-10-9-15(23(2,3)4)11-18(16)29-21/h5-8,13,15H,9-12H2,1-4H3,(H,25,27)/t15-/m1/s1. The second kappa shape index (κ2) is 7.41. The number of rotatable bonds is 3. The van der Waals surface area contributed by atoms with Crippen LogP contribution in [-0.2, 0) is 24.2 Å². The molecule has 0 radical (unpaired) electrons. The highest BCUT2D eigenvalue weighted by atomic mass is 32.1. The molecule has 1 aromatic carbocycles. The second-order valence-corrected chi connectivity index (χ2v) is 10.1. The maximum atomic E-state index is 13.1. The van der Waals surface area contributed by atoms with E-state index >= 15 is 0 Å². The topological polar surface area (TPSA) is 64.0 Å². The van der Waals surface area contributed by atoms with Gasteiger partial charge in [0.25, 0.3) is 5.56 Å². The van der Waals surface area contributed by atoms with Crippen LogP contribution in [0.25, 0.3) is 10.2 Å². The van der Waals surface area contributed by atoms with Crippen LogP contribution in [0.5, 0.6) is 0 Å². The van der Waals surface area contributed by atoms with Crippen LogP contribution in [0.15, 0.2) is 35.4 Å². The van der Waals surface area contributed by atoms with Gasteiger partial charge in [-0.25, -0.2) is 4.98 Å². The van der Waals surface area contributed by atoms with Gasteiger partial charge in [-0.15, -0.1) is 11.3 Å². The lowest BCUT2D eigenvalue weighted by Crippen LogP contribution is -2.29. The Hall–Kier alpha value is -2.47. The van der Waals surface area contributed by atoms with Crippen molar-refractivity contribution in [3.63, 3.8) is 0 Å². The molecule has 3 aromatic rings. The van der Waals surface area contributed by atoms with E-state index in [0.717, 1.165) is 40.9 Å². The van der Waals surface area contributed by atoms with Gasteiger partial charge in [0, 0.05) is 10.6 Å². The SMILES string of the molecule is Cc1ccccc1NC(=O)Cn1cnc2sc3c(c2c1=O)CC[C@@H](C(C)(C)C)C3. The van der Waals surface area contributed by atoms with Gasteiger partial charge in [-0.05, 0) is 54.7 Å². The predicted octanol–water partition coefficient (Wildman–Crippen LogP) is 4.56. The molecule has 1 N–H and O–H groups in total. The molecule has 29 heavy (non-hydrogen) atoms. The van der Waals surface area contributed by atoms with Crippen LogP contribution in [0, 0.1) is 18.3 Å². The minimum atomic E-state index is -0.223. The number of para-hydroxylation sites is 1. The molecule has 2 heterocycles. The van der Waals surface area contributed by atoms with Crippen molar-refractivity contribution in [3.05, 3.63) is 57.0 Å². The average molecular weight is 410 g/mol. The molecule has 0 saturated carbocycles. The molecule has 1 amide bonds. The fourth-order valence-corrected chi connectivity index (χ4v) is 5.37. The van der Waals surface area contributed by atoms with Crippen molar-refractivity contribution >= 4 is 33.1 Å². The lowest BCUT2D eigenvalue weighted by molar-refractivity contribution is -0.116. The Balaban J connectivity index is 1.61. The first-order valence-corrected chi connectivity index (χ1v) is 10.9. The van der Waals surface area contributed by atoms with Crippen molar-refractivity contribution in [2.45, 2.75) is 53.5 Å². The Bertz CT molecular complexity index is 1140. The Morgan fingerprint density at radius 3 is 2.79 bits per heavy atom. The van der Waals surface area contributed by atoms with E-state index < -0.39 is 0 Å². The number of carbonyl (C=O) groups excluding carboxylic acids is 1. The molecule has 5 nitrogen and oxygen atoms in total. The third-order valence-corrected chi connectivity index (χ3v) is 7.16. The molecular weight excluding hydrogens is 382 g/mol. The van der Waals surface area contributed by atoms with Crippen LogP contribution in [0.3, 0.4) is 0 Å². The summed E-state index contributed by atoms with van der Waals surface area (Å²) >= 11 is 1.64. The number of anilines is 1. The normalized spacial score (nSPS) is 16.6. The summed E-state index contributed by atoms with van der Waals surface area (Å²) in [4.78, 5) is 32.3. The van der Waals surface area contributed by atoms with Gasteiger partial charge in [0.15, 0.2) is 0 Å². The van der Waals surface area contributed by atoms with E-state index in [1.165, 1.54) is 15.8 Å². The minimum absolute atomic E-state index is 0.0364. The van der Waals surface area contributed by atoms with Gasteiger partial charge < -0.3 is 5.32 Å². The number of aryl methyl sites for hydroxylation is 2. The molecule has 0 saturated heterocycles. The zero-order valence-electron chi connectivity index (χ0n) is 17.4. The van der Waals surface area contributed by atoms with Gasteiger partial charge >= 0.3 is 0 Å². The van der Waals surface area contributed by atoms with Crippen LogP contribution < -0.4 is 10.9 Å². The summed E-state index contributed by atoms with van der Waals surface area (Å²) in [5.74, 6) is 0.393. The number of fused-ring (bicyclic) bond motifs is 3. The summed E-state index contributed by atoms with van der Waals surface area (Å²) < 4.78 is 1.43. The Morgan fingerprint density at radius 1 is 1.31 bits per heavy atom. The Kier molecular flexibility index (Phi) is 5.07. The van der Waals surface area contributed by atoms with E-state index in [1.54, 1.807) is 11.3 Å². The van der Waals surface area contributed by atoms with Crippen LogP contribution in [0.4, 0.5) is 5.69 Å². The van der Waals surface area contributed by atoms with E-state index in [4.69, 9.17) is 0 Å². The van der Waals surface area contributed by atoms with E-state index in [9.17, 15) is 9.59 Å². The van der Waals surface area contributed by atoms with Gasteiger partial charge in [-0.2, -0.15) is 0 Å². The molecule has 6 heteroatoms. The third-order valence-electron chi connectivity index (χ3n) is 5.99. The Morgan fingerprint density at radius 2 is 2.07 bits per heavy atom. The number of hydrogen-bond donors (Lipinski definition) is 1. The third kappa shape index (κ3) is 3.86. The maximum Gasteiger partial charge on any atom is 0.262 e. The number of nitrogens with zero attached hydrogens (tertiary/aromatic N) is 2. The number of benzene rings is 1. The first-order valence-electron chi connectivity index (χ1n) is 10.1. The average Bonchev–Trinajstić information content (AvgIpc) is 3.03.